The average Bonchev–Trinajstić information content (AvgIpc) is 3.75. The van der Waals surface area contributed by atoms with E-state index in [-0.39, 0.29) is 20.9 Å². The quantitative estimate of drug-likeness (QED) is 0.209. The lowest BCUT2D eigenvalue weighted by Crippen LogP contribution is -2.35. The number of nitrogens with one attached hydrogen (secondary N) is 4. The van der Waals surface area contributed by atoms with E-state index >= 15 is 0 Å². The van der Waals surface area contributed by atoms with E-state index in [4.69, 9.17) is 5.73 Å². The second-order valence-electron chi connectivity index (χ2n) is 10.3. The summed E-state index contributed by atoms with van der Waals surface area (Å²) in [4.78, 5) is 25.8. The molecule has 0 bridgehead atoms. The number of benzene rings is 2. The maximum Gasteiger partial charge on any atom is 0.316 e. The first-order chi connectivity index (χ1) is 17.6. The largest absolute Gasteiger partial charge is 0.397 e. The van der Waals surface area contributed by atoms with Crippen LogP contribution in [0.1, 0.15) is 39.5 Å². The van der Waals surface area contributed by atoms with Crippen molar-refractivity contribution in [2.45, 2.75) is 60.4 Å². The molecule has 2 fully saturated rings. The number of H-pyrrole nitrogens is 1. The van der Waals surface area contributed by atoms with Crippen LogP contribution >= 0.6 is 0 Å². The molecule has 0 radical (unpaired) electrons. The Bertz CT molecular complexity index is 1740. The van der Waals surface area contributed by atoms with Crippen LogP contribution in [-0.2, 0) is 27.1 Å². The van der Waals surface area contributed by atoms with Gasteiger partial charge in [-0.2, -0.15) is 0 Å². The molecular weight excluding hydrogens is 532 g/mol. The van der Waals surface area contributed by atoms with Crippen LogP contribution in [0.3, 0.4) is 0 Å². The molecule has 3 aromatic rings. The van der Waals surface area contributed by atoms with Crippen LogP contribution in [-0.4, -0.2) is 44.5 Å². The van der Waals surface area contributed by atoms with Crippen molar-refractivity contribution in [1.82, 2.24) is 19.0 Å². The van der Waals surface area contributed by atoms with Crippen molar-refractivity contribution in [3.05, 3.63) is 57.1 Å². The van der Waals surface area contributed by atoms with Gasteiger partial charge in [0.05, 0.1) is 32.2 Å². The normalized spacial score (nSPS) is 17.4. The Morgan fingerprint density at radius 2 is 1.37 bits per heavy atom. The molecule has 38 heavy (non-hydrogen) atoms. The first-order valence-corrected chi connectivity index (χ1v) is 14.9. The second kappa shape index (κ2) is 9.52. The maximum atomic E-state index is 12.3. The van der Waals surface area contributed by atoms with Gasteiger partial charge in [0, 0.05) is 25.2 Å². The molecule has 2 saturated carbocycles. The lowest BCUT2D eigenvalue weighted by Gasteiger charge is -2.13. The fourth-order valence-electron chi connectivity index (χ4n) is 3.76. The fraction of sp³-hybridized carbons (Fsp3) is 0.417. The predicted octanol–water partition coefficient (Wildman–Crippen LogP) is 1.20. The van der Waals surface area contributed by atoms with Gasteiger partial charge < -0.3 is 20.6 Å². The standard InChI is InChI=1S/C13H15N3O4S.C11H17N3O2S/c1-13(5-6-13)15-21(19,20)8-3-4-9-10(7-8)16(2)12(18)11(17)14-9;1-11(5-6-11)14-17(15,16)8-3-4-9(12)10(7-8)13-2/h3-4,7,15H,5-6H2,1-2H3,(H,14,17);3-4,7,13-14H,5-6,12H2,1-2H3. The van der Waals surface area contributed by atoms with Gasteiger partial charge in [-0.25, -0.2) is 26.3 Å². The molecule has 1 aromatic heterocycles. The lowest BCUT2D eigenvalue weighted by atomic mass is 10.3. The molecule has 0 aliphatic heterocycles. The van der Waals surface area contributed by atoms with Crippen molar-refractivity contribution in [3.63, 3.8) is 0 Å². The molecule has 206 valence electrons. The van der Waals surface area contributed by atoms with Crippen molar-refractivity contribution in [3.8, 4) is 0 Å². The summed E-state index contributed by atoms with van der Waals surface area (Å²) in [5.41, 5.74) is 5.55. The number of nitrogens with two attached hydrogens (primary N) is 1. The van der Waals surface area contributed by atoms with Gasteiger partial charge in [0.25, 0.3) is 0 Å². The van der Waals surface area contributed by atoms with Crippen molar-refractivity contribution in [2.24, 2.45) is 7.05 Å². The predicted molar refractivity (Wildman–Crippen MR) is 146 cm³/mol. The number of hydrogen-bond acceptors (Lipinski definition) is 8. The molecule has 1 heterocycles. The van der Waals surface area contributed by atoms with Crippen LogP contribution < -0.4 is 31.6 Å². The number of sulfonamides is 2. The van der Waals surface area contributed by atoms with Crippen LogP contribution in [0.15, 0.2) is 55.8 Å². The van der Waals surface area contributed by atoms with Crippen LogP contribution in [0.25, 0.3) is 11.0 Å². The monoisotopic (exact) mass is 564 g/mol. The number of aryl methyl sites for hydroxylation is 1. The molecule has 2 aromatic carbocycles. The summed E-state index contributed by atoms with van der Waals surface area (Å²) in [5, 5.41) is 2.87. The Kier molecular flexibility index (Phi) is 6.97. The summed E-state index contributed by atoms with van der Waals surface area (Å²) < 4.78 is 55.3. The van der Waals surface area contributed by atoms with Gasteiger partial charge >= 0.3 is 11.1 Å². The lowest BCUT2D eigenvalue weighted by molar-refractivity contribution is 0.556. The smallest absolute Gasteiger partial charge is 0.316 e. The Balaban J connectivity index is 0.000000181. The van der Waals surface area contributed by atoms with Gasteiger partial charge in [0.15, 0.2) is 0 Å². The molecule has 0 amide bonds. The molecule has 12 nitrogen and oxygen atoms in total. The Hall–Kier alpha value is -3.20. The summed E-state index contributed by atoms with van der Waals surface area (Å²) in [5.74, 6) is 0. The molecule has 5 rings (SSSR count). The topological polar surface area (TPSA) is 185 Å². The minimum Gasteiger partial charge on any atom is -0.397 e. The van der Waals surface area contributed by atoms with Crippen LogP contribution in [0.4, 0.5) is 11.4 Å². The van der Waals surface area contributed by atoms with Crippen molar-refractivity contribution in [2.75, 3.05) is 18.1 Å². The van der Waals surface area contributed by atoms with Gasteiger partial charge in [-0.15, -0.1) is 0 Å². The third-order valence-electron chi connectivity index (χ3n) is 6.75. The number of nitrogen functional groups attached to an aromatic ring is 1. The highest BCUT2D eigenvalue weighted by Crippen LogP contribution is 2.37. The zero-order chi connectivity index (χ0) is 28.1. The van der Waals surface area contributed by atoms with E-state index in [0.717, 1.165) is 30.3 Å². The van der Waals surface area contributed by atoms with E-state index in [1.54, 1.807) is 19.2 Å². The summed E-state index contributed by atoms with van der Waals surface area (Å²) in [6, 6.07) is 8.95. The molecule has 2 aliphatic carbocycles. The van der Waals surface area contributed by atoms with Crippen LogP contribution in [0.2, 0.25) is 0 Å². The highest BCUT2D eigenvalue weighted by molar-refractivity contribution is 7.89. The summed E-state index contributed by atoms with van der Waals surface area (Å²) >= 11 is 0. The van der Waals surface area contributed by atoms with Gasteiger partial charge in [-0.1, -0.05) is 0 Å². The third kappa shape index (κ3) is 5.93. The summed E-state index contributed by atoms with van der Waals surface area (Å²) in [7, 11) is -3.95. The third-order valence-corrected chi connectivity index (χ3v) is 10.0. The fourth-order valence-corrected chi connectivity index (χ4v) is 6.74. The number of aromatic nitrogens is 2. The van der Waals surface area contributed by atoms with E-state index < -0.39 is 31.2 Å². The molecule has 2 aliphatic rings. The van der Waals surface area contributed by atoms with Crippen LogP contribution in [0.5, 0.6) is 0 Å². The molecular formula is C24H32N6O6S2. The zero-order valence-corrected chi connectivity index (χ0v) is 23.2. The Morgan fingerprint density at radius 3 is 1.87 bits per heavy atom. The average molecular weight is 565 g/mol. The highest BCUT2D eigenvalue weighted by atomic mass is 32.2. The maximum absolute atomic E-state index is 12.3. The second-order valence-corrected chi connectivity index (χ2v) is 13.7. The van der Waals surface area contributed by atoms with Gasteiger partial charge in [0.2, 0.25) is 20.0 Å². The van der Waals surface area contributed by atoms with Crippen LogP contribution in [0, 0.1) is 0 Å². The van der Waals surface area contributed by atoms with Gasteiger partial charge in [0.1, 0.15) is 0 Å². The Labute approximate surface area is 220 Å². The van der Waals surface area contributed by atoms with Crippen molar-refractivity contribution >= 4 is 42.5 Å². The van der Waals surface area contributed by atoms with E-state index in [1.807, 2.05) is 13.8 Å². The Morgan fingerprint density at radius 1 is 0.868 bits per heavy atom. The summed E-state index contributed by atoms with van der Waals surface area (Å²) in [6.07, 6.45) is 3.40. The van der Waals surface area contributed by atoms with Crippen molar-refractivity contribution < 1.29 is 16.8 Å². The SMILES string of the molecule is CNc1cc(S(=O)(=O)NC2(C)CC2)ccc1N.Cn1c(=O)c(=O)[nH]c2ccc(S(=O)(=O)NC3(C)CC3)cc21. The van der Waals surface area contributed by atoms with Gasteiger partial charge in [-0.3, -0.25) is 9.59 Å². The number of nitrogens with zero attached hydrogens (tertiary/aromatic N) is 1. The van der Waals surface area contributed by atoms with Crippen molar-refractivity contribution in [1.29, 1.82) is 0 Å². The van der Waals surface area contributed by atoms with E-state index in [2.05, 4.69) is 19.7 Å². The zero-order valence-electron chi connectivity index (χ0n) is 21.6. The summed E-state index contributed by atoms with van der Waals surface area (Å²) in [6.45, 7) is 3.75. The van der Waals surface area contributed by atoms with Gasteiger partial charge in [-0.05, 0) is 75.9 Å². The first kappa shape index (κ1) is 27.8. The van der Waals surface area contributed by atoms with E-state index in [1.165, 1.54) is 31.3 Å². The molecule has 14 heteroatoms. The van der Waals surface area contributed by atoms with E-state index in [9.17, 15) is 26.4 Å². The number of anilines is 2. The molecule has 0 unspecified atom stereocenters. The number of hydrogen-bond donors (Lipinski definition) is 5. The van der Waals surface area contributed by atoms with E-state index in [0.29, 0.717) is 22.4 Å². The molecule has 6 N–H and O–H groups in total. The number of aromatic amines is 1. The number of fused-ring (bicyclic) bond motifs is 1. The molecule has 0 spiro atoms. The highest BCUT2D eigenvalue weighted by Gasteiger charge is 2.42. The molecule has 0 atom stereocenters. The number of rotatable bonds is 7. The minimum absolute atomic E-state index is 0.0742. The first-order valence-electron chi connectivity index (χ1n) is 12.0. The minimum atomic E-state index is -3.64. The molecule has 0 saturated heterocycles.